The molecule has 0 aliphatic carbocycles. The molecule has 0 saturated heterocycles. The summed E-state index contributed by atoms with van der Waals surface area (Å²) in [6.45, 7) is 1.69. The first-order chi connectivity index (χ1) is 13.1. The summed E-state index contributed by atoms with van der Waals surface area (Å²) in [6, 6.07) is 15.9. The molecule has 0 radical (unpaired) electrons. The number of allylic oxidation sites excluding steroid dienone is 1. The van der Waals surface area contributed by atoms with Gasteiger partial charge in [-0.15, -0.1) is 0 Å². The van der Waals surface area contributed by atoms with Gasteiger partial charge >= 0.3 is 5.97 Å². The second-order valence-corrected chi connectivity index (χ2v) is 5.73. The lowest BCUT2D eigenvalue weighted by atomic mass is 10.0. The summed E-state index contributed by atoms with van der Waals surface area (Å²) >= 11 is 0. The Hall–Kier alpha value is -3.83. The van der Waals surface area contributed by atoms with Gasteiger partial charge in [0, 0.05) is 22.0 Å². The molecule has 0 saturated carbocycles. The minimum Gasteiger partial charge on any atom is -0.465 e. The number of amides is 1. The van der Waals surface area contributed by atoms with Gasteiger partial charge in [-0.1, -0.05) is 47.6 Å². The molecule has 7 nitrogen and oxygen atoms in total. The lowest BCUT2D eigenvalue weighted by molar-refractivity contribution is -0.136. The van der Waals surface area contributed by atoms with E-state index in [2.05, 4.69) is 10.0 Å². The first-order valence-electron chi connectivity index (χ1n) is 8.13. The Bertz CT molecular complexity index is 1020. The number of hydrogen-bond donors (Lipinski definition) is 0. The molecule has 0 bridgehead atoms. The van der Waals surface area contributed by atoms with Crippen molar-refractivity contribution in [3.63, 3.8) is 0 Å². The van der Waals surface area contributed by atoms with Gasteiger partial charge in [-0.3, -0.25) is 9.69 Å². The summed E-state index contributed by atoms with van der Waals surface area (Å²) in [6.07, 6.45) is 1.55. The topological polar surface area (TPSA) is 95.4 Å². The van der Waals surface area contributed by atoms with Crippen molar-refractivity contribution in [2.75, 3.05) is 12.0 Å². The predicted molar refractivity (Wildman–Crippen MR) is 102 cm³/mol. The maximum atomic E-state index is 13.1. The number of azide groups is 1. The van der Waals surface area contributed by atoms with E-state index in [1.807, 2.05) is 18.2 Å². The molecular weight excluding hydrogens is 344 g/mol. The monoisotopic (exact) mass is 360 g/mol. The number of para-hydroxylation sites is 1. The fourth-order valence-corrected chi connectivity index (χ4v) is 2.97. The Labute approximate surface area is 155 Å². The number of methoxy groups -OCH3 is 1. The Balaban J connectivity index is 2.19. The molecule has 0 fully saturated rings. The van der Waals surface area contributed by atoms with E-state index in [0.29, 0.717) is 22.6 Å². The second kappa shape index (κ2) is 7.59. The summed E-state index contributed by atoms with van der Waals surface area (Å²) in [5, 5.41) is 3.64. The van der Waals surface area contributed by atoms with Crippen LogP contribution in [0, 0.1) is 0 Å². The highest BCUT2D eigenvalue weighted by Crippen LogP contribution is 2.36. The van der Waals surface area contributed by atoms with Crippen molar-refractivity contribution in [2.24, 2.45) is 5.11 Å². The molecular formula is C20H16N4O3. The van der Waals surface area contributed by atoms with Crippen molar-refractivity contribution in [3.05, 3.63) is 87.4 Å². The minimum atomic E-state index is -0.605. The molecule has 0 unspecified atom stereocenters. The normalized spacial score (nSPS) is 15.1. The second-order valence-electron chi connectivity index (χ2n) is 5.73. The van der Waals surface area contributed by atoms with Gasteiger partial charge in [0.15, 0.2) is 0 Å². The Kier molecular flexibility index (Phi) is 5.06. The van der Waals surface area contributed by atoms with Crippen molar-refractivity contribution in [1.29, 1.82) is 0 Å². The van der Waals surface area contributed by atoms with E-state index in [-0.39, 0.29) is 17.1 Å². The summed E-state index contributed by atoms with van der Waals surface area (Å²) < 4.78 is 4.88. The third kappa shape index (κ3) is 3.31. The smallest absolute Gasteiger partial charge is 0.340 e. The van der Waals surface area contributed by atoms with Crippen LogP contribution in [0.2, 0.25) is 0 Å². The highest BCUT2D eigenvalue weighted by Gasteiger charge is 2.37. The van der Waals surface area contributed by atoms with Crippen LogP contribution in [0.3, 0.4) is 0 Å². The maximum absolute atomic E-state index is 13.1. The molecule has 2 aromatic carbocycles. The van der Waals surface area contributed by atoms with E-state index in [1.165, 1.54) is 12.0 Å². The molecule has 1 aliphatic rings. The number of anilines is 1. The first-order valence-corrected chi connectivity index (χ1v) is 8.13. The minimum absolute atomic E-state index is 0.182. The van der Waals surface area contributed by atoms with Crippen molar-refractivity contribution in [3.8, 4) is 0 Å². The lowest BCUT2D eigenvalue weighted by Gasteiger charge is -2.17. The van der Waals surface area contributed by atoms with Crippen LogP contribution >= 0.6 is 0 Å². The predicted octanol–water partition coefficient (Wildman–Crippen LogP) is 4.51. The number of hydrogen-bond acceptors (Lipinski definition) is 4. The Morgan fingerprint density at radius 2 is 1.81 bits per heavy atom. The largest absolute Gasteiger partial charge is 0.465 e. The quantitative estimate of drug-likeness (QED) is 0.264. The zero-order valence-corrected chi connectivity index (χ0v) is 14.8. The van der Waals surface area contributed by atoms with Crippen LogP contribution in [0.25, 0.3) is 16.5 Å². The van der Waals surface area contributed by atoms with Crippen LogP contribution in [0.5, 0.6) is 0 Å². The van der Waals surface area contributed by atoms with E-state index in [4.69, 9.17) is 10.3 Å². The standard InChI is InChI=1S/C20H16N4O3/c1-13-18(20(26)27-2)16(12-14-8-6-7-11-17(14)22-23-21)19(25)24(13)15-9-4-3-5-10-15/h3-12H,1-2H3/b16-12-. The van der Waals surface area contributed by atoms with Gasteiger partial charge in [0.2, 0.25) is 0 Å². The third-order valence-electron chi connectivity index (χ3n) is 4.19. The Morgan fingerprint density at radius 1 is 1.15 bits per heavy atom. The molecule has 134 valence electrons. The van der Waals surface area contributed by atoms with Crippen LogP contribution in [-0.4, -0.2) is 19.0 Å². The van der Waals surface area contributed by atoms with Crippen LogP contribution in [0.1, 0.15) is 12.5 Å². The van der Waals surface area contributed by atoms with Crippen molar-refractivity contribution >= 4 is 29.3 Å². The summed E-state index contributed by atoms with van der Waals surface area (Å²) in [7, 11) is 1.27. The van der Waals surface area contributed by atoms with Crippen LogP contribution < -0.4 is 4.90 Å². The number of nitrogens with zero attached hydrogens (tertiary/aromatic N) is 4. The number of carbonyl (C=O) groups is 2. The zero-order chi connectivity index (χ0) is 19.4. The van der Waals surface area contributed by atoms with Gasteiger partial charge in [0.1, 0.15) is 0 Å². The highest BCUT2D eigenvalue weighted by molar-refractivity contribution is 6.24. The molecule has 0 N–H and O–H groups in total. The average Bonchev–Trinajstić information content (AvgIpc) is 2.93. The molecule has 2 aromatic rings. The fraction of sp³-hybridized carbons (Fsp3) is 0.100. The number of benzene rings is 2. The van der Waals surface area contributed by atoms with E-state index < -0.39 is 5.97 Å². The molecule has 3 rings (SSSR count). The number of ether oxygens (including phenoxy) is 1. The van der Waals surface area contributed by atoms with Gasteiger partial charge < -0.3 is 4.74 Å². The van der Waals surface area contributed by atoms with Crippen LogP contribution in [-0.2, 0) is 14.3 Å². The maximum Gasteiger partial charge on any atom is 0.340 e. The van der Waals surface area contributed by atoms with Crippen LogP contribution in [0.4, 0.5) is 11.4 Å². The molecule has 1 amide bonds. The lowest BCUT2D eigenvalue weighted by Crippen LogP contribution is -2.24. The van der Waals surface area contributed by atoms with Gasteiger partial charge in [0.25, 0.3) is 5.91 Å². The highest BCUT2D eigenvalue weighted by atomic mass is 16.5. The summed E-state index contributed by atoms with van der Waals surface area (Å²) in [4.78, 5) is 29.8. The average molecular weight is 360 g/mol. The first kappa shape index (κ1) is 18.0. The van der Waals surface area contributed by atoms with Gasteiger partial charge in [0.05, 0.1) is 18.3 Å². The molecule has 1 heterocycles. The van der Waals surface area contributed by atoms with Gasteiger partial charge in [-0.2, -0.15) is 0 Å². The van der Waals surface area contributed by atoms with E-state index in [9.17, 15) is 9.59 Å². The molecule has 7 heteroatoms. The number of carbonyl (C=O) groups excluding carboxylic acids is 2. The van der Waals surface area contributed by atoms with Crippen molar-refractivity contribution < 1.29 is 14.3 Å². The van der Waals surface area contributed by atoms with Crippen molar-refractivity contribution in [2.45, 2.75) is 6.92 Å². The zero-order valence-electron chi connectivity index (χ0n) is 14.8. The number of esters is 1. The molecule has 0 atom stereocenters. The van der Waals surface area contributed by atoms with Crippen LogP contribution in [0.15, 0.2) is 76.6 Å². The van der Waals surface area contributed by atoms with Gasteiger partial charge in [-0.25, -0.2) is 4.79 Å². The summed E-state index contributed by atoms with van der Waals surface area (Å²) in [5.41, 5.74) is 11.1. The Morgan fingerprint density at radius 3 is 2.48 bits per heavy atom. The molecule has 27 heavy (non-hydrogen) atoms. The van der Waals surface area contributed by atoms with Gasteiger partial charge in [-0.05, 0) is 36.2 Å². The van der Waals surface area contributed by atoms with E-state index in [0.717, 1.165) is 0 Å². The third-order valence-corrected chi connectivity index (χ3v) is 4.19. The van der Waals surface area contributed by atoms with E-state index in [1.54, 1.807) is 49.4 Å². The fourth-order valence-electron chi connectivity index (χ4n) is 2.97. The van der Waals surface area contributed by atoms with E-state index >= 15 is 0 Å². The molecule has 1 aliphatic heterocycles. The molecule has 0 aromatic heterocycles. The molecule has 0 spiro atoms. The van der Waals surface area contributed by atoms with Crippen molar-refractivity contribution in [1.82, 2.24) is 0 Å². The number of rotatable bonds is 4. The SMILES string of the molecule is COC(=O)C1=C(C)N(c2ccccc2)C(=O)/C1=C\c1ccccc1N=[N+]=[N-]. The summed E-state index contributed by atoms with van der Waals surface area (Å²) in [5.74, 6) is -0.957.